The Balaban J connectivity index is 2.55. The van der Waals surface area contributed by atoms with Crippen LogP contribution in [0.1, 0.15) is 22.8 Å². The zero-order chi connectivity index (χ0) is 17.9. The maximum atomic E-state index is 14.1. The van der Waals surface area contributed by atoms with Crippen LogP contribution in [0.5, 0.6) is 5.88 Å². The van der Waals surface area contributed by atoms with Crippen LogP contribution in [0, 0.1) is 0 Å². The SMILES string of the molecule is CCOC(=O)C(F)(F)c1ccc2cc(C(=O)OC)c(OC)nc2c1. The number of esters is 2. The Hall–Kier alpha value is -2.77. The predicted molar refractivity (Wildman–Crippen MR) is 80.2 cm³/mol. The quantitative estimate of drug-likeness (QED) is 0.780. The second-order valence-corrected chi connectivity index (χ2v) is 4.74. The number of fused-ring (bicyclic) bond motifs is 1. The molecule has 24 heavy (non-hydrogen) atoms. The van der Waals surface area contributed by atoms with E-state index in [0.717, 1.165) is 12.1 Å². The Labute approximate surface area is 136 Å². The molecule has 0 unspecified atom stereocenters. The molecule has 0 bridgehead atoms. The molecule has 0 atom stereocenters. The van der Waals surface area contributed by atoms with E-state index in [4.69, 9.17) is 4.74 Å². The zero-order valence-corrected chi connectivity index (χ0v) is 13.3. The van der Waals surface area contributed by atoms with Crippen LogP contribution in [0.15, 0.2) is 24.3 Å². The van der Waals surface area contributed by atoms with Gasteiger partial charge in [-0.3, -0.25) is 0 Å². The molecule has 1 heterocycles. The lowest BCUT2D eigenvalue weighted by Crippen LogP contribution is -2.28. The molecule has 1 aromatic heterocycles. The number of hydrogen-bond donors (Lipinski definition) is 0. The molecule has 1 aromatic carbocycles. The minimum Gasteiger partial charge on any atom is -0.480 e. The number of carbonyl (C=O) groups is 2. The molecule has 0 aliphatic heterocycles. The van der Waals surface area contributed by atoms with Gasteiger partial charge in [0.2, 0.25) is 5.88 Å². The predicted octanol–water partition coefficient (Wildman–Crippen LogP) is 2.68. The highest BCUT2D eigenvalue weighted by atomic mass is 19.3. The van der Waals surface area contributed by atoms with Gasteiger partial charge in [-0.1, -0.05) is 12.1 Å². The van der Waals surface area contributed by atoms with Gasteiger partial charge in [0.1, 0.15) is 5.56 Å². The number of aromatic nitrogens is 1. The molecule has 6 nitrogen and oxygen atoms in total. The Morgan fingerprint density at radius 2 is 1.92 bits per heavy atom. The minimum absolute atomic E-state index is 0.0639. The van der Waals surface area contributed by atoms with Gasteiger partial charge in [-0.25, -0.2) is 14.6 Å². The van der Waals surface area contributed by atoms with Crippen molar-refractivity contribution in [2.24, 2.45) is 0 Å². The van der Waals surface area contributed by atoms with Crippen LogP contribution in [0.25, 0.3) is 10.9 Å². The number of nitrogens with zero attached hydrogens (tertiary/aromatic N) is 1. The molecule has 8 heteroatoms. The monoisotopic (exact) mass is 339 g/mol. The number of carbonyl (C=O) groups excluding carboxylic acids is 2. The van der Waals surface area contributed by atoms with Crippen LogP contribution in [0.2, 0.25) is 0 Å². The highest BCUT2D eigenvalue weighted by molar-refractivity contribution is 5.96. The lowest BCUT2D eigenvalue weighted by Gasteiger charge is -2.15. The van der Waals surface area contributed by atoms with Crippen LogP contribution in [0.4, 0.5) is 8.78 Å². The van der Waals surface area contributed by atoms with E-state index in [1.54, 1.807) is 0 Å². The van der Waals surface area contributed by atoms with Crippen molar-refractivity contribution in [1.29, 1.82) is 0 Å². The molecule has 2 rings (SSSR count). The maximum absolute atomic E-state index is 14.1. The van der Waals surface area contributed by atoms with Crippen molar-refractivity contribution in [3.63, 3.8) is 0 Å². The number of methoxy groups -OCH3 is 2. The van der Waals surface area contributed by atoms with Crippen molar-refractivity contribution in [3.8, 4) is 5.88 Å². The molecular weight excluding hydrogens is 324 g/mol. The van der Waals surface area contributed by atoms with Gasteiger partial charge in [0.25, 0.3) is 0 Å². The van der Waals surface area contributed by atoms with Crippen LogP contribution < -0.4 is 4.74 Å². The molecule has 0 saturated heterocycles. The van der Waals surface area contributed by atoms with E-state index in [1.165, 1.54) is 33.3 Å². The smallest absolute Gasteiger partial charge is 0.381 e. The van der Waals surface area contributed by atoms with Crippen LogP contribution in [-0.2, 0) is 20.2 Å². The second-order valence-electron chi connectivity index (χ2n) is 4.74. The van der Waals surface area contributed by atoms with Crippen molar-refractivity contribution in [2.45, 2.75) is 12.8 Å². The van der Waals surface area contributed by atoms with Gasteiger partial charge in [0.15, 0.2) is 0 Å². The number of halogens is 2. The molecule has 0 aliphatic rings. The van der Waals surface area contributed by atoms with Gasteiger partial charge in [0, 0.05) is 10.9 Å². The van der Waals surface area contributed by atoms with Gasteiger partial charge in [-0.2, -0.15) is 8.78 Å². The summed E-state index contributed by atoms with van der Waals surface area (Å²) in [5.41, 5.74) is -0.354. The van der Waals surface area contributed by atoms with Crippen LogP contribution in [-0.4, -0.2) is 37.7 Å². The fourth-order valence-corrected chi connectivity index (χ4v) is 2.10. The average Bonchev–Trinajstić information content (AvgIpc) is 2.59. The zero-order valence-electron chi connectivity index (χ0n) is 13.3. The molecule has 0 aliphatic carbocycles. The van der Waals surface area contributed by atoms with Crippen molar-refractivity contribution < 1.29 is 32.6 Å². The van der Waals surface area contributed by atoms with E-state index < -0.39 is 23.4 Å². The summed E-state index contributed by atoms with van der Waals surface area (Å²) in [7, 11) is 2.49. The minimum atomic E-state index is -3.81. The molecule has 0 N–H and O–H groups in total. The first-order chi connectivity index (χ1) is 11.3. The first-order valence-electron chi connectivity index (χ1n) is 6.97. The Bertz CT molecular complexity index is 791. The summed E-state index contributed by atoms with van der Waals surface area (Å²) >= 11 is 0. The third-order valence-corrected chi connectivity index (χ3v) is 3.28. The Morgan fingerprint density at radius 1 is 1.21 bits per heavy atom. The van der Waals surface area contributed by atoms with Crippen molar-refractivity contribution in [3.05, 3.63) is 35.4 Å². The summed E-state index contributed by atoms with van der Waals surface area (Å²) in [6, 6.07) is 4.88. The van der Waals surface area contributed by atoms with Gasteiger partial charge in [-0.05, 0) is 19.1 Å². The standard InChI is InChI=1S/C16H15F2NO5/c1-4-24-15(21)16(17,18)10-6-5-9-7-11(14(20)23-3)13(22-2)19-12(9)8-10/h5-8H,4H2,1-3H3. The van der Waals surface area contributed by atoms with E-state index in [9.17, 15) is 18.4 Å². The number of ether oxygens (including phenoxy) is 3. The lowest BCUT2D eigenvalue weighted by atomic mass is 10.0. The molecular formula is C16H15F2NO5. The van der Waals surface area contributed by atoms with Crippen molar-refractivity contribution >= 4 is 22.8 Å². The topological polar surface area (TPSA) is 74.7 Å². The number of alkyl halides is 2. The van der Waals surface area contributed by atoms with E-state index >= 15 is 0 Å². The van der Waals surface area contributed by atoms with Gasteiger partial charge >= 0.3 is 17.9 Å². The van der Waals surface area contributed by atoms with E-state index in [-0.39, 0.29) is 23.6 Å². The summed E-state index contributed by atoms with van der Waals surface area (Å²) in [6.45, 7) is 1.28. The Kier molecular flexibility index (Phi) is 4.96. The molecule has 0 spiro atoms. The average molecular weight is 339 g/mol. The summed E-state index contributed by atoms with van der Waals surface area (Å²) in [5, 5.41) is 0.416. The number of pyridine rings is 1. The number of hydrogen-bond acceptors (Lipinski definition) is 6. The van der Waals surface area contributed by atoms with Crippen LogP contribution in [0.3, 0.4) is 0 Å². The van der Waals surface area contributed by atoms with Crippen molar-refractivity contribution in [2.75, 3.05) is 20.8 Å². The summed E-state index contributed by atoms with van der Waals surface area (Å²) < 4.78 is 42.2. The fraction of sp³-hybridized carbons (Fsp3) is 0.312. The van der Waals surface area contributed by atoms with Gasteiger partial charge < -0.3 is 14.2 Å². The number of rotatable bonds is 5. The second kappa shape index (κ2) is 6.77. The normalized spacial score (nSPS) is 11.2. The third-order valence-electron chi connectivity index (χ3n) is 3.28. The maximum Gasteiger partial charge on any atom is 0.381 e. The summed E-state index contributed by atoms with van der Waals surface area (Å²) in [5.74, 6) is -6.17. The van der Waals surface area contributed by atoms with Gasteiger partial charge in [-0.15, -0.1) is 0 Å². The van der Waals surface area contributed by atoms with Crippen molar-refractivity contribution in [1.82, 2.24) is 4.98 Å². The van der Waals surface area contributed by atoms with E-state index in [1.807, 2.05) is 0 Å². The number of benzene rings is 1. The molecule has 0 amide bonds. The molecule has 0 saturated carbocycles. The summed E-state index contributed by atoms with van der Waals surface area (Å²) in [4.78, 5) is 27.2. The Morgan fingerprint density at radius 3 is 2.50 bits per heavy atom. The highest BCUT2D eigenvalue weighted by Gasteiger charge is 2.42. The highest BCUT2D eigenvalue weighted by Crippen LogP contribution is 2.32. The molecule has 2 aromatic rings. The fourth-order valence-electron chi connectivity index (χ4n) is 2.10. The van der Waals surface area contributed by atoms with E-state index in [2.05, 4.69) is 14.5 Å². The first-order valence-corrected chi connectivity index (χ1v) is 6.97. The van der Waals surface area contributed by atoms with E-state index in [0.29, 0.717) is 5.39 Å². The first kappa shape index (κ1) is 17.6. The molecule has 0 radical (unpaired) electrons. The van der Waals surface area contributed by atoms with Crippen LogP contribution >= 0.6 is 0 Å². The third kappa shape index (κ3) is 3.12. The molecule has 0 fully saturated rings. The largest absolute Gasteiger partial charge is 0.480 e. The molecule has 128 valence electrons. The van der Waals surface area contributed by atoms with Gasteiger partial charge in [0.05, 0.1) is 26.3 Å². The lowest BCUT2D eigenvalue weighted by molar-refractivity contribution is -0.173. The summed E-state index contributed by atoms with van der Waals surface area (Å²) in [6.07, 6.45) is 0.